The average Bonchev–Trinajstić information content (AvgIpc) is 4.00. The van der Waals surface area contributed by atoms with Gasteiger partial charge in [0.25, 0.3) is 0 Å². The fraction of sp³-hybridized carbons (Fsp3) is 0.375. The van der Waals surface area contributed by atoms with Crippen molar-refractivity contribution in [2.75, 3.05) is 48.7 Å². The summed E-state index contributed by atoms with van der Waals surface area (Å²) < 4.78 is 10.2. The Morgan fingerprint density at radius 2 is 0.984 bits per heavy atom. The molecule has 0 radical (unpaired) electrons. The number of carbonyl (C=O) groups excluding carboxylic acids is 2. The number of fused-ring (bicyclic) bond motifs is 2. The number of hydrogen-bond donors (Lipinski definition) is 2. The molecule has 0 aromatic carbocycles. The molecule has 2 aliphatic carbocycles. The first-order chi connectivity index (χ1) is 30.9. The van der Waals surface area contributed by atoms with Crippen LogP contribution < -0.4 is 29.9 Å². The van der Waals surface area contributed by atoms with E-state index in [9.17, 15) is 9.59 Å². The van der Waals surface area contributed by atoms with Crippen molar-refractivity contribution in [3.63, 3.8) is 0 Å². The lowest BCUT2D eigenvalue weighted by atomic mass is 10.0. The van der Waals surface area contributed by atoms with Crippen LogP contribution in [0.2, 0.25) is 0 Å². The van der Waals surface area contributed by atoms with Crippen LogP contribution in [-0.2, 0) is 35.3 Å². The number of amides is 2. The lowest BCUT2D eigenvalue weighted by Gasteiger charge is -2.32. The molecule has 2 aliphatic rings. The summed E-state index contributed by atoms with van der Waals surface area (Å²) in [5, 5.41) is 5.97. The van der Waals surface area contributed by atoms with Crippen LogP contribution in [0.5, 0.6) is 11.8 Å². The lowest BCUT2D eigenvalue weighted by Crippen LogP contribution is -2.46. The van der Waals surface area contributed by atoms with Gasteiger partial charge in [0.15, 0.2) is 11.6 Å². The van der Waals surface area contributed by atoms with E-state index in [4.69, 9.17) is 29.4 Å². The molecule has 2 atom stereocenters. The standard InChI is InChI=1S/2C24H28N6O2/c2*1-15(2)21(24(31)27-16-11-12-20(32-4)26-14-16)30(3)23-17-8-7-10-18(17)28-22(29-23)19-9-5-6-13-25-19/h2*5-6,9,11-15,21H,7-8,10H2,1-4H3,(H,27,31)/t21-;/m0./s1. The van der Waals surface area contributed by atoms with Gasteiger partial charge < -0.3 is 29.9 Å². The van der Waals surface area contributed by atoms with Crippen molar-refractivity contribution in [2.24, 2.45) is 11.8 Å². The van der Waals surface area contributed by atoms with Gasteiger partial charge in [-0.15, -0.1) is 0 Å². The molecule has 2 amide bonds. The van der Waals surface area contributed by atoms with E-state index >= 15 is 0 Å². The Kier molecular flexibility index (Phi) is 14.3. The first-order valence-corrected chi connectivity index (χ1v) is 21.7. The summed E-state index contributed by atoms with van der Waals surface area (Å²) in [6.45, 7) is 8.14. The molecule has 6 aromatic heterocycles. The van der Waals surface area contributed by atoms with Crippen molar-refractivity contribution in [2.45, 2.75) is 78.3 Å². The fourth-order valence-electron chi connectivity index (χ4n) is 8.33. The Morgan fingerprint density at radius 3 is 1.31 bits per heavy atom. The SMILES string of the molecule is COc1ccc(NC(=O)C(C(C)C)N(C)c2nc(-c3ccccn3)nc3c2CCC3)cn1.COc1ccc(NC(=O)[C@H](C(C)C)N(C)c2nc(-c3ccccn3)nc3c2CCC3)cn1. The van der Waals surface area contributed by atoms with Gasteiger partial charge in [-0.25, -0.2) is 29.9 Å². The van der Waals surface area contributed by atoms with E-state index < -0.39 is 12.1 Å². The predicted molar refractivity (Wildman–Crippen MR) is 247 cm³/mol. The molecule has 16 heteroatoms. The van der Waals surface area contributed by atoms with E-state index in [2.05, 4.69) is 30.6 Å². The van der Waals surface area contributed by atoms with Gasteiger partial charge in [0, 0.05) is 61.1 Å². The molecule has 1 unspecified atom stereocenters. The molecule has 6 heterocycles. The second-order valence-electron chi connectivity index (χ2n) is 16.5. The summed E-state index contributed by atoms with van der Waals surface area (Å²) in [5.41, 5.74) is 7.04. The van der Waals surface area contributed by atoms with Gasteiger partial charge in [0.1, 0.15) is 35.1 Å². The number of aromatic nitrogens is 8. The fourth-order valence-corrected chi connectivity index (χ4v) is 8.33. The number of hydrogen-bond acceptors (Lipinski definition) is 14. The second-order valence-corrected chi connectivity index (χ2v) is 16.5. The molecule has 2 N–H and O–H groups in total. The van der Waals surface area contributed by atoms with E-state index in [0.717, 1.165) is 84.1 Å². The van der Waals surface area contributed by atoms with Crippen LogP contribution in [-0.4, -0.2) is 92.1 Å². The molecule has 8 rings (SSSR count). The zero-order valence-corrected chi connectivity index (χ0v) is 37.7. The van der Waals surface area contributed by atoms with E-state index in [0.29, 0.717) is 34.8 Å². The Hall–Kier alpha value is -7.10. The van der Waals surface area contributed by atoms with Gasteiger partial charge in [-0.3, -0.25) is 19.6 Å². The Bertz CT molecular complexity index is 2350. The summed E-state index contributed by atoms with van der Waals surface area (Å²) >= 11 is 0. The van der Waals surface area contributed by atoms with Gasteiger partial charge in [-0.2, -0.15) is 0 Å². The number of methoxy groups -OCH3 is 2. The molecule has 6 aromatic rings. The first-order valence-electron chi connectivity index (χ1n) is 21.7. The van der Waals surface area contributed by atoms with Gasteiger partial charge in [0.2, 0.25) is 23.6 Å². The molecule has 0 aliphatic heterocycles. The van der Waals surface area contributed by atoms with Crippen LogP contribution in [0.25, 0.3) is 23.0 Å². The highest BCUT2D eigenvalue weighted by molar-refractivity contribution is 5.97. The monoisotopic (exact) mass is 864 g/mol. The number of pyridine rings is 4. The van der Waals surface area contributed by atoms with E-state index in [1.165, 1.54) is 0 Å². The maximum absolute atomic E-state index is 13.3. The number of rotatable bonds is 14. The highest BCUT2D eigenvalue weighted by Gasteiger charge is 2.33. The molecule has 0 bridgehead atoms. The Balaban J connectivity index is 0.000000191. The van der Waals surface area contributed by atoms with Crippen molar-refractivity contribution in [3.05, 3.63) is 108 Å². The number of likely N-dealkylation sites (N-methyl/N-ethyl adjacent to an activating group) is 2. The van der Waals surface area contributed by atoms with Crippen molar-refractivity contribution in [1.82, 2.24) is 39.9 Å². The number of nitrogens with one attached hydrogen (secondary N) is 2. The van der Waals surface area contributed by atoms with Crippen LogP contribution in [0.4, 0.5) is 23.0 Å². The molecule has 0 fully saturated rings. The number of anilines is 4. The quantitative estimate of drug-likeness (QED) is 0.113. The van der Waals surface area contributed by atoms with Gasteiger partial charge in [-0.05, 0) is 86.8 Å². The normalized spacial score (nSPS) is 13.5. The summed E-state index contributed by atoms with van der Waals surface area (Å²) in [6, 6.07) is 17.6. The van der Waals surface area contributed by atoms with Crippen LogP contribution in [0.3, 0.4) is 0 Å². The summed E-state index contributed by atoms with van der Waals surface area (Å²) in [5.74, 6) is 3.67. The highest BCUT2D eigenvalue weighted by atomic mass is 16.5. The smallest absolute Gasteiger partial charge is 0.247 e. The molecular formula is C48H56N12O4. The third-order valence-corrected chi connectivity index (χ3v) is 11.3. The van der Waals surface area contributed by atoms with E-state index in [1.807, 2.05) is 88.0 Å². The molecule has 332 valence electrons. The third kappa shape index (κ3) is 10.2. The zero-order chi connectivity index (χ0) is 45.3. The maximum Gasteiger partial charge on any atom is 0.247 e. The molecule has 0 saturated carbocycles. The average molecular weight is 865 g/mol. The molecule has 16 nitrogen and oxygen atoms in total. The minimum absolute atomic E-state index is 0.0523. The number of aryl methyl sites for hydroxylation is 2. The van der Waals surface area contributed by atoms with Crippen molar-refractivity contribution >= 4 is 34.8 Å². The highest BCUT2D eigenvalue weighted by Crippen LogP contribution is 2.34. The Morgan fingerprint density at radius 1 is 0.562 bits per heavy atom. The molecule has 0 saturated heterocycles. The van der Waals surface area contributed by atoms with Crippen LogP contribution in [0, 0.1) is 11.8 Å². The third-order valence-electron chi connectivity index (χ3n) is 11.3. The maximum atomic E-state index is 13.3. The number of nitrogens with zero attached hydrogens (tertiary/aromatic N) is 10. The topological polar surface area (TPSA) is 186 Å². The van der Waals surface area contributed by atoms with Gasteiger partial charge in [-0.1, -0.05) is 39.8 Å². The minimum atomic E-state index is -0.423. The molecular weight excluding hydrogens is 809 g/mol. The number of carbonyl (C=O) groups is 2. The second kappa shape index (κ2) is 20.4. The van der Waals surface area contributed by atoms with Crippen molar-refractivity contribution in [1.29, 1.82) is 0 Å². The summed E-state index contributed by atoms with van der Waals surface area (Å²) in [7, 11) is 6.98. The van der Waals surface area contributed by atoms with Gasteiger partial charge >= 0.3 is 0 Å². The zero-order valence-electron chi connectivity index (χ0n) is 37.7. The van der Waals surface area contributed by atoms with Crippen molar-refractivity contribution < 1.29 is 19.1 Å². The predicted octanol–water partition coefficient (Wildman–Crippen LogP) is 7.06. The van der Waals surface area contributed by atoms with Crippen LogP contribution in [0.15, 0.2) is 85.5 Å². The minimum Gasteiger partial charge on any atom is -0.481 e. The molecule has 0 spiro atoms. The number of ether oxygens (including phenoxy) is 2. The first kappa shape index (κ1) is 44.9. The van der Waals surface area contributed by atoms with E-state index in [-0.39, 0.29) is 23.7 Å². The summed E-state index contributed by atoms with van der Waals surface area (Å²) in [6.07, 6.45) is 12.4. The largest absolute Gasteiger partial charge is 0.481 e. The van der Waals surface area contributed by atoms with Crippen LogP contribution >= 0.6 is 0 Å². The van der Waals surface area contributed by atoms with Gasteiger partial charge in [0.05, 0.1) is 38.0 Å². The summed E-state index contributed by atoms with van der Waals surface area (Å²) in [4.78, 5) is 67.1. The van der Waals surface area contributed by atoms with Crippen molar-refractivity contribution in [3.8, 4) is 34.8 Å². The lowest BCUT2D eigenvalue weighted by molar-refractivity contribution is -0.119. The van der Waals surface area contributed by atoms with Crippen LogP contribution in [0.1, 0.15) is 63.1 Å². The Labute approximate surface area is 374 Å². The van der Waals surface area contributed by atoms with E-state index in [1.54, 1.807) is 63.3 Å². The molecule has 64 heavy (non-hydrogen) atoms.